The number of nitrogens with one attached hydrogen (secondary N) is 2. The average Bonchev–Trinajstić information content (AvgIpc) is 2.68. The Kier molecular flexibility index (Phi) is 7.18. The molecule has 0 bridgehead atoms. The van der Waals surface area contributed by atoms with E-state index in [1.807, 2.05) is 20.8 Å². The Labute approximate surface area is 174 Å². The molecule has 1 unspecified atom stereocenters. The Hall–Kier alpha value is -3.11. The van der Waals surface area contributed by atoms with Gasteiger partial charge in [-0.05, 0) is 42.7 Å². The summed E-state index contributed by atoms with van der Waals surface area (Å²) in [5.74, 6) is -0.997. The fraction of sp³-hybridized carbons (Fsp3) is 0.333. The van der Waals surface area contributed by atoms with Gasteiger partial charge in [0.05, 0.1) is 12.5 Å². The Morgan fingerprint density at radius 3 is 2.66 bits per heavy atom. The van der Waals surface area contributed by atoms with Gasteiger partial charge in [-0.1, -0.05) is 32.4 Å². The van der Waals surface area contributed by atoms with Crippen LogP contribution in [-0.2, 0) is 11.2 Å². The van der Waals surface area contributed by atoms with Gasteiger partial charge >= 0.3 is 0 Å². The Balaban J connectivity index is 2.13. The Bertz CT molecular complexity index is 955. The number of carbonyl (C=O) groups excluding carboxylic acids is 2. The lowest BCUT2D eigenvalue weighted by Crippen LogP contribution is -2.51. The molecule has 0 aliphatic rings. The van der Waals surface area contributed by atoms with Crippen molar-refractivity contribution in [1.29, 1.82) is 5.26 Å². The van der Waals surface area contributed by atoms with Crippen molar-refractivity contribution >= 4 is 29.1 Å². The van der Waals surface area contributed by atoms with Crippen LogP contribution in [0.25, 0.3) is 0 Å². The fourth-order valence-corrected chi connectivity index (χ4v) is 3.04. The summed E-state index contributed by atoms with van der Waals surface area (Å²) in [6.45, 7) is 5.56. The Morgan fingerprint density at radius 2 is 2.03 bits per heavy atom. The SMILES string of the molecule is CCC(C#N)(NC(=O)c1cc(NC(=O)Cc2cc(Cl)ccc2O)ccn1)C(C)C. The van der Waals surface area contributed by atoms with Crippen LogP contribution in [0.5, 0.6) is 5.75 Å². The van der Waals surface area contributed by atoms with E-state index in [2.05, 4.69) is 21.7 Å². The van der Waals surface area contributed by atoms with Crippen LogP contribution in [0.2, 0.25) is 5.02 Å². The normalized spacial score (nSPS) is 12.7. The second-order valence-corrected chi connectivity index (χ2v) is 7.41. The smallest absolute Gasteiger partial charge is 0.271 e. The molecular formula is C21H23ClN4O3. The molecule has 0 saturated carbocycles. The number of phenols is 1. The van der Waals surface area contributed by atoms with E-state index >= 15 is 0 Å². The number of hydrogen-bond donors (Lipinski definition) is 3. The molecule has 0 radical (unpaired) electrons. The summed E-state index contributed by atoms with van der Waals surface area (Å²) in [4.78, 5) is 29.0. The van der Waals surface area contributed by atoms with Gasteiger partial charge in [-0.2, -0.15) is 5.26 Å². The third kappa shape index (κ3) is 5.46. The minimum Gasteiger partial charge on any atom is -0.508 e. The standard InChI is InChI=1S/C21H23ClN4O3/c1-4-21(12-23,13(2)3)26-20(29)17-11-16(7-8-24-17)25-19(28)10-14-9-15(22)5-6-18(14)27/h5-9,11,13,27H,4,10H2,1-3H3,(H,26,29)(H,24,25,28). The second kappa shape index (κ2) is 9.39. The zero-order valence-corrected chi connectivity index (χ0v) is 17.2. The van der Waals surface area contributed by atoms with Crippen LogP contribution in [0.3, 0.4) is 0 Å². The van der Waals surface area contributed by atoms with Gasteiger partial charge in [0, 0.05) is 22.5 Å². The molecule has 152 valence electrons. The lowest BCUT2D eigenvalue weighted by molar-refractivity contribution is -0.115. The molecule has 1 aromatic heterocycles. The predicted octanol–water partition coefficient (Wildman–Crippen LogP) is 3.68. The van der Waals surface area contributed by atoms with Gasteiger partial charge in [0.2, 0.25) is 5.91 Å². The largest absolute Gasteiger partial charge is 0.508 e. The summed E-state index contributed by atoms with van der Waals surface area (Å²) in [6, 6.07) is 9.63. The number of nitrogens with zero attached hydrogens (tertiary/aromatic N) is 2. The highest BCUT2D eigenvalue weighted by molar-refractivity contribution is 6.30. The first-order valence-corrected chi connectivity index (χ1v) is 9.55. The van der Waals surface area contributed by atoms with Crippen molar-refractivity contribution in [3.05, 3.63) is 52.8 Å². The topological polar surface area (TPSA) is 115 Å². The first-order chi connectivity index (χ1) is 13.7. The van der Waals surface area contributed by atoms with Gasteiger partial charge in [-0.25, -0.2) is 0 Å². The van der Waals surface area contributed by atoms with Crippen molar-refractivity contribution in [2.24, 2.45) is 5.92 Å². The zero-order valence-electron chi connectivity index (χ0n) is 16.5. The first kappa shape index (κ1) is 22.2. The second-order valence-electron chi connectivity index (χ2n) is 6.97. The molecule has 2 aromatic rings. The number of halogens is 1. The third-order valence-corrected chi connectivity index (χ3v) is 4.98. The lowest BCUT2D eigenvalue weighted by Gasteiger charge is -2.30. The van der Waals surface area contributed by atoms with Crippen LogP contribution < -0.4 is 10.6 Å². The fourth-order valence-electron chi connectivity index (χ4n) is 2.85. The minimum absolute atomic E-state index is 0.0274. The lowest BCUT2D eigenvalue weighted by atomic mass is 9.85. The molecule has 29 heavy (non-hydrogen) atoms. The molecule has 0 fully saturated rings. The van der Waals surface area contributed by atoms with Crippen LogP contribution in [-0.4, -0.2) is 27.4 Å². The molecule has 2 rings (SSSR count). The number of aromatic nitrogens is 1. The van der Waals surface area contributed by atoms with Crippen molar-refractivity contribution in [3.63, 3.8) is 0 Å². The molecule has 3 N–H and O–H groups in total. The molecule has 0 aliphatic carbocycles. The molecule has 0 spiro atoms. The van der Waals surface area contributed by atoms with E-state index in [0.717, 1.165) is 0 Å². The average molecular weight is 415 g/mol. The highest BCUT2D eigenvalue weighted by Crippen LogP contribution is 2.23. The van der Waals surface area contributed by atoms with Crippen LogP contribution >= 0.6 is 11.6 Å². The van der Waals surface area contributed by atoms with Crippen molar-refractivity contribution in [2.45, 2.75) is 39.2 Å². The zero-order chi connectivity index (χ0) is 21.6. The molecule has 7 nitrogen and oxygen atoms in total. The van der Waals surface area contributed by atoms with Crippen molar-refractivity contribution < 1.29 is 14.7 Å². The molecular weight excluding hydrogens is 392 g/mol. The molecule has 1 atom stereocenters. The van der Waals surface area contributed by atoms with E-state index in [1.54, 1.807) is 6.07 Å². The summed E-state index contributed by atoms with van der Waals surface area (Å²) in [7, 11) is 0. The summed E-state index contributed by atoms with van der Waals surface area (Å²) < 4.78 is 0. The van der Waals surface area contributed by atoms with Crippen molar-refractivity contribution in [1.82, 2.24) is 10.3 Å². The summed E-state index contributed by atoms with van der Waals surface area (Å²) in [5, 5.41) is 25.2. The van der Waals surface area contributed by atoms with E-state index in [-0.39, 0.29) is 29.7 Å². The summed E-state index contributed by atoms with van der Waals surface area (Å²) in [6.07, 6.45) is 1.76. The highest BCUT2D eigenvalue weighted by atomic mass is 35.5. The van der Waals surface area contributed by atoms with Gasteiger partial charge in [-0.15, -0.1) is 0 Å². The third-order valence-electron chi connectivity index (χ3n) is 4.75. The number of anilines is 1. The number of rotatable bonds is 7. The van der Waals surface area contributed by atoms with E-state index < -0.39 is 11.4 Å². The van der Waals surface area contributed by atoms with Crippen molar-refractivity contribution in [3.8, 4) is 11.8 Å². The predicted molar refractivity (Wildman–Crippen MR) is 111 cm³/mol. The van der Waals surface area contributed by atoms with Gasteiger partial charge in [0.1, 0.15) is 17.0 Å². The molecule has 0 aliphatic heterocycles. The molecule has 0 saturated heterocycles. The number of phenolic OH excluding ortho intramolecular Hbond substituents is 1. The number of aromatic hydroxyl groups is 1. The highest BCUT2D eigenvalue weighted by Gasteiger charge is 2.34. The van der Waals surface area contributed by atoms with E-state index in [0.29, 0.717) is 22.7 Å². The molecule has 8 heteroatoms. The quantitative estimate of drug-likeness (QED) is 0.639. The molecule has 1 heterocycles. The van der Waals surface area contributed by atoms with Crippen LogP contribution in [0, 0.1) is 17.2 Å². The summed E-state index contributed by atoms with van der Waals surface area (Å²) in [5.41, 5.74) is -0.148. The number of nitriles is 1. The van der Waals surface area contributed by atoms with E-state index in [9.17, 15) is 20.0 Å². The monoisotopic (exact) mass is 414 g/mol. The number of benzene rings is 1. The first-order valence-electron chi connectivity index (χ1n) is 9.17. The van der Waals surface area contributed by atoms with E-state index in [4.69, 9.17) is 11.6 Å². The van der Waals surface area contributed by atoms with Gasteiger partial charge in [0.15, 0.2) is 0 Å². The van der Waals surface area contributed by atoms with Crippen molar-refractivity contribution in [2.75, 3.05) is 5.32 Å². The molecule has 1 aromatic carbocycles. The van der Waals surface area contributed by atoms with Gasteiger partial charge in [-0.3, -0.25) is 14.6 Å². The Morgan fingerprint density at radius 1 is 1.31 bits per heavy atom. The number of hydrogen-bond acceptors (Lipinski definition) is 5. The van der Waals surface area contributed by atoms with Crippen LogP contribution in [0.1, 0.15) is 43.2 Å². The maximum absolute atomic E-state index is 12.6. The van der Waals surface area contributed by atoms with Crippen LogP contribution in [0.15, 0.2) is 36.5 Å². The summed E-state index contributed by atoms with van der Waals surface area (Å²) >= 11 is 5.90. The number of pyridine rings is 1. The van der Waals surface area contributed by atoms with Gasteiger partial charge < -0.3 is 15.7 Å². The van der Waals surface area contributed by atoms with E-state index in [1.165, 1.54) is 30.5 Å². The molecule has 2 amide bonds. The maximum atomic E-state index is 12.6. The van der Waals surface area contributed by atoms with Gasteiger partial charge in [0.25, 0.3) is 5.91 Å². The number of carbonyl (C=O) groups is 2. The van der Waals surface area contributed by atoms with Crippen LogP contribution in [0.4, 0.5) is 5.69 Å². The number of amides is 2. The minimum atomic E-state index is -0.998. The maximum Gasteiger partial charge on any atom is 0.271 e.